The number of H-pyrrole nitrogens is 1. The number of aryl methyl sites for hydroxylation is 4. The molecule has 2 heterocycles. The first-order chi connectivity index (χ1) is 19.0. The fourth-order valence-corrected chi connectivity index (χ4v) is 5.51. The second kappa shape index (κ2) is 9.87. The van der Waals surface area contributed by atoms with Crippen molar-refractivity contribution >= 4 is 28.7 Å². The second-order valence-electron chi connectivity index (χ2n) is 9.80. The molecule has 8 nitrogen and oxygen atoms in total. The van der Waals surface area contributed by atoms with E-state index in [2.05, 4.69) is 52.0 Å². The molecule has 5 aromatic rings. The summed E-state index contributed by atoms with van der Waals surface area (Å²) in [6.45, 7) is 4.11. The maximum atomic E-state index is 12.4. The van der Waals surface area contributed by atoms with Crippen LogP contribution in [0.4, 0.5) is 0 Å². The van der Waals surface area contributed by atoms with E-state index in [1.54, 1.807) is 0 Å². The van der Waals surface area contributed by atoms with E-state index >= 15 is 0 Å². The predicted molar refractivity (Wildman–Crippen MR) is 149 cm³/mol. The van der Waals surface area contributed by atoms with E-state index < -0.39 is 5.76 Å². The van der Waals surface area contributed by atoms with Crippen LogP contribution in [0.3, 0.4) is 0 Å². The molecule has 0 saturated carbocycles. The summed E-state index contributed by atoms with van der Waals surface area (Å²) < 4.78 is 11.9. The zero-order valence-corrected chi connectivity index (χ0v) is 22.1. The molecule has 1 N–H and O–H groups in total. The Kier molecular flexibility index (Phi) is 6.23. The Morgan fingerprint density at radius 3 is 2.67 bits per heavy atom. The number of aromatic amines is 1. The summed E-state index contributed by atoms with van der Waals surface area (Å²) >= 11 is 0. The van der Waals surface area contributed by atoms with Gasteiger partial charge in [-0.15, -0.1) is 0 Å². The zero-order chi connectivity index (χ0) is 27.1. The SMILES string of the molecule is CCCc1nc2c(C)cc(C(=O)OC)cc2n1-c1ccc2c(c1)CCc1ccccc1/C2=C\c1noc(=O)[nH]1. The minimum atomic E-state index is -0.587. The Balaban J connectivity index is 1.56. The van der Waals surface area contributed by atoms with Crippen LogP contribution in [0.15, 0.2) is 63.9 Å². The van der Waals surface area contributed by atoms with Crippen molar-refractivity contribution in [2.75, 3.05) is 7.11 Å². The fraction of sp³-hybridized carbons (Fsp3) is 0.226. The number of nitrogens with zero attached hydrogens (tertiary/aromatic N) is 3. The van der Waals surface area contributed by atoms with Crippen LogP contribution >= 0.6 is 0 Å². The summed E-state index contributed by atoms with van der Waals surface area (Å²) in [6.07, 6.45) is 5.32. The summed E-state index contributed by atoms with van der Waals surface area (Å²) in [7, 11) is 1.39. The van der Waals surface area contributed by atoms with Gasteiger partial charge in [0.15, 0.2) is 5.82 Å². The standard InChI is InChI=1S/C31H28N4O4/c1-4-7-28-33-29-18(2)14-21(30(36)38-3)16-26(29)35(28)22-12-13-24-20(15-22)11-10-19-8-5-6-9-23(19)25(24)17-27-32-31(37)39-34-27/h5-6,8-9,12-17H,4,7,10-11H2,1-3H3,(H,32,34,37)/b25-17+. The summed E-state index contributed by atoms with van der Waals surface area (Å²) in [5.41, 5.74) is 9.73. The van der Waals surface area contributed by atoms with E-state index in [9.17, 15) is 9.59 Å². The number of nitrogens with one attached hydrogen (secondary N) is 1. The first-order valence-electron chi connectivity index (χ1n) is 13.1. The highest BCUT2D eigenvalue weighted by Gasteiger charge is 2.22. The number of carbonyl (C=O) groups excluding carboxylic acids is 1. The van der Waals surface area contributed by atoms with E-state index in [1.165, 1.54) is 18.2 Å². The van der Waals surface area contributed by atoms with Crippen molar-refractivity contribution < 1.29 is 14.1 Å². The first kappa shape index (κ1) is 24.6. The van der Waals surface area contributed by atoms with Crippen LogP contribution in [0.25, 0.3) is 28.4 Å². The van der Waals surface area contributed by atoms with Crippen molar-refractivity contribution in [3.05, 3.63) is 110 Å². The molecule has 0 saturated heterocycles. The first-order valence-corrected chi connectivity index (χ1v) is 13.1. The quantitative estimate of drug-likeness (QED) is 0.310. The Hall–Kier alpha value is -4.72. The molecule has 2 aromatic heterocycles. The number of fused-ring (bicyclic) bond motifs is 3. The van der Waals surface area contributed by atoms with E-state index in [1.807, 2.05) is 37.3 Å². The number of esters is 1. The summed E-state index contributed by atoms with van der Waals surface area (Å²) in [6, 6.07) is 18.4. The van der Waals surface area contributed by atoms with Crippen molar-refractivity contribution in [2.24, 2.45) is 0 Å². The van der Waals surface area contributed by atoms with Gasteiger partial charge in [0.1, 0.15) is 5.82 Å². The lowest BCUT2D eigenvalue weighted by molar-refractivity contribution is 0.0600. The monoisotopic (exact) mass is 520 g/mol. The predicted octanol–water partition coefficient (Wildman–Crippen LogP) is 5.44. The lowest BCUT2D eigenvalue weighted by Gasteiger charge is -2.15. The van der Waals surface area contributed by atoms with E-state index in [0.717, 1.165) is 70.5 Å². The average Bonchev–Trinajstić information content (AvgIpc) is 3.49. The Bertz CT molecular complexity index is 1820. The number of rotatable bonds is 5. The minimum Gasteiger partial charge on any atom is -0.465 e. The molecule has 0 aliphatic heterocycles. The third kappa shape index (κ3) is 4.37. The lowest BCUT2D eigenvalue weighted by atomic mass is 9.93. The Labute approximate surface area is 224 Å². The van der Waals surface area contributed by atoms with Crippen LogP contribution in [-0.2, 0) is 24.0 Å². The molecule has 0 bridgehead atoms. The van der Waals surface area contributed by atoms with Crippen LogP contribution in [-0.4, -0.2) is 32.8 Å². The molecular weight excluding hydrogens is 492 g/mol. The van der Waals surface area contributed by atoms with Crippen LogP contribution in [0.2, 0.25) is 0 Å². The van der Waals surface area contributed by atoms with Gasteiger partial charge < -0.3 is 4.74 Å². The van der Waals surface area contributed by atoms with Gasteiger partial charge in [-0.25, -0.2) is 14.6 Å². The molecule has 8 heteroatoms. The molecule has 3 aromatic carbocycles. The maximum absolute atomic E-state index is 12.4. The molecule has 0 atom stereocenters. The van der Waals surface area contributed by atoms with Crippen molar-refractivity contribution in [3.8, 4) is 5.69 Å². The van der Waals surface area contributed by atoms with Crippen LogP contribution in [0.1, 0.15) is 63.2 Å². The normalized spacial score (nSPS) is 13.8. The minimum absolute atomic E-state index is 0.370. The third-order valence-corrected chi connectivity index (χ3v) is 7.26. The van der Waals surface area contributed by atoms with Gasteiger partial charge in [-0.3, -0.25) is 14.1 Å². The zero-order valence-electron chi connectivity index (χ0n) is 22.1. The number of imidazole rings is 1. The molecule has 0 spiro atoms. The Morgan fingerprint density at radius 2 is 1.90 bits per heavy atom. The van der Waals surface area contributed by atoms with Gasteiger partial charge in [0.05, 0.1) is 23.7 Å². The van der Waals surface area contributed by atoms with Crippen LogP contribution in [0.5, 0.6) is 0 Å². The van der Waals surface area contributed by atoms with E-state index in [-0.39, 0.29) is 5.97 Å². The van der Waals surface area contributed by atoms with Gasteiger partial charge in [0.25, 0.3) is 0 Å². The number of hydrogen-bond acceptors (Lipinski definition) is 6. The van der Waals surface area contributed by atoms with Gasteiger partial charge in [0.2, 0.25) is 0 Å². The van der Waals surface area contributed by atoms with Gasteiger partial charge in [-0.2, -0.15) is 0 Å². The molecule has 1 aliphatic carbocycles. The number of methoxy groups -OCH3 is 1. The molecular formula is C31H28N4O4. The molecule has 0 fully saturated rings. The number of aromatic nitrogens is 4. The van der Waals surface area contributed by atoms with Gasteiger partial charge in [-0.1, -0.05) is 42.4 Å². The van der Waals surface area contributed by atoms with Gasteiger partial charge in [-0.05, 0) is 89.9 Å². The number of hydrogen-bond donors (Lipinski definition) is 1. The highest BCUT2D eigenvalue weighted by atomic mass is 16.5. The molecule has 0 radical (unpaired) electrons. The highest BCUT2D eigenvalue weighted by molar-refractivity contribution is 5.96. The lowest BCUT2D eigenvalue weighted by Crippen LogP contribution is -2.05. The number of ether oxygens (including phenoxy) is 1. The van der Waals surface area contributed by atoms with E-state index in [4.69, 9.17) is 14.2 Å². The van der Waals surface area contributed by atoms with Crippen LogP contribution in [0, 0.1) is 6.92 Å². The summed E-state index contributed by atoms with van der Waals surface area (Å²) in [5, 5.41) is 3.88. The topological polar surface area (TPSA) is 103 Å². The molecule has 0 unspecified atom stereocenters. The largest absolute Gasteiger partial charge is 0.465 e. The molecule has 39 heavy (non-hydrogen) atoms. The molecule has 0 amide bonds. The molecule has 1 aliphatic rings. The van der Waals surface area contributed by atoms with Gasteiger partial charge >= 0.3 is 11.7 Å². The summed E-state index contributed by atoms with van der Waals surface area (Å²) in [4.78, 5) is 31.7. The van der Waals surface area contributed by atoms with Crippen molar-refractivity contribution in [1.82, 2.24) is 19.7 Å². The Morgan fingerprint density at radius 1 is 1.10 bits per heavy atom. The van der Waals surface area contributed by atoms with Crippen LogP contribution < -0.4 is 5.76 Å². The maximum Gasteiger partial charge on any atom is 0.439 e. The molecule has 6 rings (SSSR count). The van der Waals surface area contributed by atoms with Crippen molar-refractivity contribution in [1.29, 1.82) is 0 Å². The summed E-state index contributed by atoms with van der Waals surface area (Å²) in [5.74, 6) is 0.366. The second-order valence-corrected chi connectivity index (χ2v) is 9.80. The number of carbonyl (C=O) groups is 1. The third-order valence-electron chi connectivity index (χ3n) is 7.26. The highest BCUT2D eigenvalue weighted by Crippen LogP contribution is 2.36. The van der Waals surface area contributed by atoms with Crippen molar-refractivity contribution in [3.63, 3.8) is 0 Å². The van der Waals surface area contributed by atoms with E-state index in [0.29, 0.717) is 11.4 Å². The average molecular weight is 521 g/mol. The fourth-order valence-electron chi connectivity index (χ4n) is 5.51. The number of benzene rings is 3. The smallest absolute Gasteiger partial charge is 0.439 e. The molecule has 196 valence electrons. The van der Waals surface area contributed by atoms with Crippen molar-refractivity contribution in [2.45, 2.75) is 39.5 Å². The van der Waals surface area contributed by atoms with Gasteiger partial charge in [0, 0.05) is 12.1 Å².